The zero-order chi connectivity index (χ0) is 22.1. The predicted molar refractivity (Wildman–Crippen MR) is 124 cm³/mol. The Hall–Kier alpha value is -2.70. The van der Waals surface area contributed by atoms with Gasteiger partial charge < -0.3 is 14.7 Å². The zero-order valence-electron chi connectivity index (χ0n) is 18.9. The van der Waals surface area contributed by atoms with Gasteiger partial charge in [0.15, 0.2) is 0 Å². The van der Waals surface area contributed by atoms with E-state index in [1.54, 1.807) is 12.1 Å². The van der Waals surface area contributed by atoms with Gasteiger partial charge in [-0.05, 0) is 56.2 Å². The number of rotatable bonds is 3. The van der Waals surface area contributed by atoms with E-state index in [9.17, 15) is 9.18 Å². The van der Waals surface area contributed by atoms with Crippen LogP contribution < -0.4 is 9.80 Å². The smallest absolute Gasteiger partial charge is 0.254 e. The fourth-order valence-corrected chi connectivity index (χ4v) is 5.08. The van der Waals surface area contributed by atoms with Gasteiger partial charge in [-0.25, -0.2) is 9.37 Å². The molecule has 4 heterocycles. The minimum absolute atomic E-state index is 0.131. The largest absolute Gasteiger partial charge is 0.356 e. The van der Waals surface area contributed by atoms with Crippen LogP contribution in [0.25, 0.3) is 0 Å². The highest BCUT2D eigenvalue weighted by Crippen LogP contribution is 2.32. The number of carbonyl (C=O) groups is 1. The quantitative estimate of drug-likeness (QED) is 0.725. The molecule has 5 rings (SSSR count). The summed E-state index contributed by atoms with van der Waals surface area (Å²) in [5, 5.41) is 0. The molecule has 7 heteroatoms. The van der Waals surface area contributed by atoms with Crippen molar-refractivity contribution in [3.8, 4) is 0 Å². The first-order chi connectivity index (χ1) is 15.6. The van der Waals surface area contributed by atoms with E-state index in [2.05, 4.69) is 16.7 Å². The Morgan fingerprint density at radius 3 is 2.53 bits per heavy atom. The Morgan fingerprint density at radius 2 is 1.78 bits per heavy atom. The van der Waals surface area contributed by atoms with Crippen molar-refractivity contribution >= 4 is 17.7 Å². The minimum Gasteiger partial charge on any atom is -0.356 e. The van der Waals surface area contributed by atoms with Crippen LogP contribution in [-0.2, 0) is 13.0 Å². The molecular weight excluding hydrogens is 405 g/mol. The highest BCUT2D eigenvalue weighted by molar-refractivity contribution is 5.94. The second kappa shape index (κ2) is 9.04. The summed E-state index contributed by atoms with van der Waals surface area (Å²) in [5.41, 5.74) is 2.53. The van der Waals surface area contributed by atoms with E-state index in [1.807, 2.05) is 4.90 Å². The molecule has 3 aliphatic heterocycles. The van der Waals surface area contributed by atoms with Gasteiger partial charge in [-0.2, -0.15) is 4.98 Å². The number of amides is 1. The van der Waals surface area contributed by atoms with Crippen molar-refractivity contribution in [1.29, 1.82) is 0 Å². The molecule has 170 valence electrons. The van der Waals surface area contributed by atoms with Crippen LogP contribution >= 0.6 is 0 Å². The Balaban J connectivity index is 1.46. The number of halogens is 1. The van der Waals surface area contributed by atoms with E-state index < -0.39 is 0 Å². The van der Waals surface area contributed by atoms with Gasteiger partial charge in [-0.3, -0.25) is 4.79 Å². The van der Waals surface area contributed by atoms with Crippen LogP contribution in [0.4, 0.5) is 16.2 Å². The molecule has 6 nitrogen and oxygen atoms in total. The lowest BCUT2D eigenvalue weighted by Gasteiger charge is -2.36. The summed E-state index contributed by atoms with van der Waals surface area (Å²) in [4.78, 5) is 29.7. The lowest BCUT2D eigenvalue weighted by molar-refractivity contribution is 0.0733. The van der Waals surface area contributed by atoms with Crippen LogP contribution in [0.3, 0.4) is 0 Å². The summed E-state index contributed by atoms with van der Waals surface area (Å²) in [7, 11) is 0. The monoisotopic (exact) mass is 437 g/mol. The molecule has 3 aliphatic rings. The molecule has 0 spiro atoms. The van der Waals surface area contributed by atoms with Crippen LogP contribution in [0.15, 0.2) is 24.3 Å². The van der Waals surface area contributed by atoms with E-state index in [0.717, 1.165) is 55.1 Å². The van der Waals surface area contributed by atoms with Gasteiger partial charge in [0.25, 0.3) is 5.91 Å². The lowest BCUT2D eigenvalue weighted by atomic mass is 9.99. The number of hydrogen-bond donors (Lipinski definition) is 0. The summed E-state index contributed by atoms with van der Waals surface area (Å²) >= 11 is 0. The average molecular weight is 438 g/mol. The standard InChI is InChI=1S/C25H32FN5O/c1-18-8-13-30(14-9-18)25-27-22-10-15-31(24(32)19-6-5-7-20(26)16-19)17-21(22)23(28-25)29-11-3-2-4-12-29/h5-7,16,18H,2-4,8-15,17H2,1H3. The molecule has 1 aromatic heterocycles. The number of benzene rings is 1. The van der Waals surface area contributed by atoms with Crippen molar-refractivity contribution in [3.05, 3.63) is 46.9 Å². The third-order valence-electron chi connectivity index (χ3n) is 7.11. The third kappa shape index (κ3) is 4.30. The first-order valence-corrected chi connectivity index (χ1v) is 12.0. The van der Waals surface area contributed by atoms with E-state index in [0.29, 0.717) is 25.1 Å². The Morgan fingerprint density at radius 1 is 1.00 bits per heavy atom. The summed E-state index contributed by atoms with van der Waals surface area (Å²) in [5.74, 6) is 2.09. The molecule has 0 N–H and O–H groups in total. The molecule has 32 heavy (non-hydrogen) atoms. The summed E-state index contributed by atoms with van der Waals surface area (Å²) in [6, 6.07) is 5.96. The van der Waals surface area contributed by atoms with Gasteiger partial charge in [-0.15, -0.1) is 0 Å². The summed E-state index contributed by atoms with van der Waals surface area (Å²) in [6.45, 7) is 7.39. The van der Waals surface area contributed by atoms with Crippen LogP contribution in [0.5, 0.6) is 0 Å². The number of carbonyl (C=O) groups excluding carboxylic acids is 1. The van der Waals surface area contributed by atoms with E-state index in [4.69, 9.17) is 9.97 Å². The maximum atomic E-state index is 13.7. The molecule has 0 radical (unpaired) electrons. The summed E-state index contributed by atoms with van der Waals surface area (Å²) < 4.78 is 13.7. The van der Waals surface area contributed by atoms with Gasteiger partial charge in [0.2, 0.25) is 5.95 Å². The van der Waals surface area contributed by atoms with Gasteiger partial charge >= 0.3 is 0 Å². The van der Waals surface area contributed by atoms with Crippen molar-refractivity contribution in [1.82, 2.24) is 14.9 Å². The molecule has 0 unspecified atom stereocenters. The zero-order valence-corrected chi connectivity index (χ0v) is 18.9. The van der Waals surface area contributed by atoms with Crippen molar-refractivity contribution in [2.45, 2.75) is 52.0 Å². The Labute approximate surface area is 189 Å². The molecule has 1 amide bonds. The minimum atomic E-state index is -0.383. The van der Waals surface area contributed by atoms with Crippen LogP contribution in [0.1, 0.15) is 60.6 Å². The van der Waals surface area contributed by atoms with Gasteiger partial charge in [0.05, 0.1) is 12.2 Å². The highest BCUT2D eigenvalue weighted by atomic mass is 19.1. The van der Waals surface area contributed by atoms with E-state index in [1.165, 1.54) is 44.2 Å². The van der Waals surface area contributed by atoms with Gasteiger partial charge in [0.1, 0.15) is 11.6 Å². The van der Waals surface area contributed by atoms with E-state index >= 15 is 0 Å². The molecule has 0 saturated carbocycles. The van der Waals surface area contributed by atoms with Crippen molar-refractivity contribution in [2.24, 2.45) is 5.92 Å². The van der Waals surface area contributed by atoms with Gasteiger partial charge in [-0.1, -0.05) is 13.0 Å². The number of fused-ring (bicyclic) bond motifs is 1. The van der Waals surface area contributed by atoms with Crippen LogP contribution in [-0.4, -0.2) is 53.5 Å². The van der Waals surface area contributed by atoms with Crippen LogP contribution in [0, 0.1) is 11.7 Å². The second-order valence-corrected chi connectivity index (χ2v) is 9.48. The van der Waals surface area contributed by atoms with Crippen LogP contribution in [0.2, 0.25) is 0 Å². The molecule has 0 aliphatic carbocycles. The maximum Gasteiger partial charge on any atom is 0.254 e. The van der Waals surface area contributed by atoms with Crippen molar-refractivity contribution in [3.63, 3.8) is 0 Å². The van der Waals surface area contributed by atoms with Crippen molar-refractivity contribution in [2.75, 3.05) is 42.5 Å². The van der Waals surface area contributed by atoms with Crippen molar-refractivity contribution < 1.29 is 9.18 Å². The number of aromatic nitrogens is 2. The maximum absolute atomic E-state index is 13.7. The topological polar surface area (TPSA) is 52.6 Å². The Kier molecular flexibility index (Phi) is 5.98. The molecule has 0 atom stereocenters. The average Bonchev–Trinajstić information content (AvgIpc) is 2.83. The van der Waals surface area contributed by atoms with Gasteiger partial charge in [0, 0.05) is 50.3 Å². The SMILES string of the molecule is CC1CCN(c2nc3c(c(N4CCCCC4)n2)CN(C(=O)c2cccc(F)c2)CC3)CC1. The third-order valence-corrected chi connectivity index (χ3v) is 7.11. The number of nitrogens with zero attached hydrogens (tertiary/aromatic N) is 5. The molecule has 1 aromatic carbocycles. The normalized spacial score (nSPS) is 19.8. The molecule has 2 saturated heterocycles. The fourth-order valence-electron chi connectivity index (χ4n) is 5.08. The highest BCUT2D eigenvalue weighted by Gasteiger charge is 2.30. The number of piperidine rings is 2. The predicted octanol–water partition coefficient (Wildman–Crippen LogP) is 4.04. The molecular formula is C25H32FN5O. The number of hydrogen-bond acceptors (Lipinski definition) is 5. The lowest BCUT2D eigenvalue weighted by Crippen LogP contribution is -2.40. The first-order valence-electron chi connectivity index (χ1n) is 12.0. The Bertz CT molecular complexity index is 982. The fraction of sp³-hybridized carbons (Fsp3) is 0.560. The number of anilines is 2. The second-order valence-electron chi connectivity index (χ2n) is 9.48. The molecule has 2 aromatic rings. The summed E-state index contributed by atoms with van der Waals surface area (Å²) in [6.07, 6.45) is 6.65. The van der Waals surface area contributed by atoms with E-state index in [-0.39, 0.29) is 11.7 Å². The first kappa shape index (κ1) is 21.2. The molecule has 2 fully saturated rings. The molecule has 0 bridgehead atoms.